The predicted molar refractivity (Wildman–Crippen MR) is 94.4 cm³/mol. The molecule has 0 atom stereocenters. The molecule has 3 aromatic rings. The molecule has 0 bridgehead atoms. The van der Waals surface area contributed by atoms with Crippen LogP contribution in [0.2, 0.25) is 5.02 Å². The highest BCUT2D eigenvalue weighted by atomic mass is 35.5. The van der Waals surface area contributed by atoms with Gasteiger partial charge in [-0.1, -0.05) is 35.0 Å². The topological polar surface area (TPSA) is 73.6 Å². The van der Waals surface area contributed by atoms with E-state index in [1.807, 2.05) is 0 Å². The van der Waals surface area contributed by atoms with Crippen LogP contribution < -0.4 is 14.8 Å². The van der Waals surface area contributed by atoms with E-state index in [2.05, 4.69) is 15.2 Å². The molecule has 0 unspecified atom stereocenters. The van der Waals surface area contributed by atoms with Crippen molar-refractivity contribution in [2.24, 2.45) is 0 Å². The number of nitrogens with zero attached hydrogens (tertiary/aromatic N) is 1. The first kappa shape index (κ1) is 20.5. The van der Waals surface area contributed by atoms with Crippen molar-refractivity contribution in [3.63, 3.8) is 0 Å². The Balaban J connectivity index is 1.86. The van der Waals surface area contributed by atoms with Crippen molar-refractivity contribution in [1.29, 1.82) is 0 Å². The fraction of sp³-hybridized carbons (Fsp3) is 0.111. The van der Waals surface area contributed by atoms with Crippen molar-refractivity contribution in [2.45, 2.75) is 13.3 Å². The number of anilines is 1. The molecular weight excluding hydrogens is 420 g/mol. The highest BCUT2D eigenvalue weighted by molar-refractivity contribution is 6.33. The van der Waals surface area contributed by atoms with E-state index in [4.69, 9.17) is 20.9 Å². The first-order valence-corrected chi connectivity index (χ1v) is 8.28. The second kappa shape index (κ2) is 8.00. The molecule has 0 fully saturated rings. The Bertz CT molecular complexity index is 1030. The van der Waals surface area contributed by atoms with Gasteiger partial charge >= 0.3 is 12.5 Å². The average molecular weight is 431 g/mol. The standard InChI is InChI=1S/C18H11ClF4N2O4/c1-9-16(15(25-29-9)14-10(19)5-4-6-11(14)20)27-17(26)24-12-7-2-3-8-13(12)28-18(21,22)23/h2-8H,1H3,(H,24,26). The van der Waals surface area contributed by atoms with Gasteiger partial charge in [0.2, 0.25) is 5.75 Å². The smallest absolute Gasteiger partial charge is 0.404 e. The van der Waals surface area contributed by atoms with Crippen LogP contribution in [0.15, 0.2) is 47.0 Å². The maximum absolute atomic E-state index is 14.2. The Labute approximate surface area is 166 Å². The van der Waals surface area contributed by atoms with E-state index >= 15 is 0 Å². The van der Waals surface area contributed by atoms with E-state index in [-0.39, 0.29) is 33.5 Å². The molecule has 0 saturated carbocycles. The Morgan fingerprint density at radius 1 is 1.17 bits per heavy atom. The first-order chi connectivity index (χ1) is 13.7. The maximum Gasteiger partial charge on any atom is 0.573 e. The summed E-state index contributed by atoms with van der Waals surface area (Å²) in [6.45, 7) is 1.40. The van der Waals surface area contributed by atoms with Gasteiger partial charge in [-0.2, -0.15) is 0 Å². The summed E-state index contributed by atoms with van der Waals surface area (Å²) in [4.78, 5) is 12.2. The summed E-state index contributed by atoms with van der Waals surface area (Å²) in [6, 6.07) is 8.76. The molecule has 11 heteroatoms. The number of aromatic nitrogens is 1. The van der Waals surface area contributed by atoms with Gasteiger partial charge in [0.25, 0.3) is 0 Å². The van der Waals surface area contributed by atoms with Gasteiger partial charge in [-0.3, -0.25) is 5.32 Å². The largest absolute Gasteiger partial charge is 0.573 e. The lowest BCUT2D eigenvalue weighted by molar-refractivity contribution is -0.274. The number of carbonyl (C=O) groups is 1. The van der Waals surface area contributed by atoms with Gasteiger partial charge in [0, 0.05) is 6.92 Å². The number of para-hydroxylation sites is 2. The van der Waals surface area contributed by atoms with E-state index in [1.165, 1.54) is 37.3 Å². The van der Waals surface area contributed by atoms with Crippen LogP contribution in [0.25, 0.3) is 11.3 Å². The molecule has 0 aliphatic carbocycles. The number of rotatable bonds is 4. The van der Waals surface area contributed by atoms with Crippen LogP contribution in [0.4, 0.5) is 28.0 Å². The van der Waals surface area contributed by atoms with Crippen LogP contribution in [0.1, 0.15) is 5.76 Å². The van der Waals surface area contributed by atoms with E-state index in [0.717, 1.165) is 12.1 Å². The zero-order valence-corrected chi connectivity index (χ0v) is 15.3. The number of benzene rings is 2. The molecule has 1 heterocycles. The summed E-state index contributed by atoms with van der Waals surface area (Å²) in [5, 5.41) is 5.77. The molecular formula is C18H11ClF4N2O4. The summed E-state index contributed by atoms with van der Waals surface area (Å²) in [5.74, 6) is -1.60. The molecule has 0 radical (unpaired) electrons. The fourth-order valence-electron chi connectivity index (χ4n) is 2.38. The number of nitrogens with one attached hydrogen (secondary N) is 1. The minimum Gasteiger partial charge on any atom is -0.404 e. The summed E-state index contributed by atoms with van der Waals surface area (Å²) >= 11 is 5.99. The second-order valence-corrected chi connectivity index (χ2v) is 5.98. The number of carbonyl (C=O) groups excluding carboxylic acids is 1. The second-order valence-electron chi connectivity index (χ2n) is 5.57. The third-order valence-electron chi connectivity index (χ3n) is 3.55. The maximum atomic E-state index is 14.2. The van der Waals surface area contributed by atoms with Crippen LogP contribution in [-0.4, -0.2) is 17.6 Å². The summed E-state index contributed by atoms with van der Waals surface area (Å²) < 4.78 is 65.6. The molecule has 152 valence electrons. The average Bonchev–Trinajstić information content (AvgIpc) is 2.96. The van der Waals surface area contributed by atoms with Crippen LogP contribution in [0.5, 0.6) is 11.5 Å². The number of halogens is 5. The Morgan fingerprint density at radius 2 is 1.90 bits per heavy atom. The zero-order chi connectivity index (χ0) is 21.2. The van der Waals surface area contributed by atoms with Crippen molar-refractivity contribution in [3.05, 3.63) is 59.1 Å². The molecule has 0 saturated heterocycles. The van der Waals surface area contributed by atoms with E-state index in [9.17, 15) is 22.4 Å². The SMILES string of the molecule is Cc1onc(-c2c(F)cccc2Cl)c1OC(=O)Nc1ccccc1OC(F)(F)F. The molecule has 3 rings (SSSR count). The molecule has 0 aliphatic heterocycles. The van der Waals surface area contributed by atoms with Crippen LogP contribution in [0.3, 0.4) is 0 Å². The highest BCUT2D eigenvalue weighted by Crippen LogP contribution is 2.38. The third-order valence-corrected chi connectivity index (χ3v) is 3.87. The van der Waals surface area contributed by atoms with Gasteiger partial charge < -0.3 is 14.0 Å². The van der Waals surface area contributed by atoms with Gasteiger partial charge in [0.05, 0.1) is 16.3 Å². The third kappa shape index (κ3) is 4.77. The van der Waals surface area contributed by atoms with E-state index < -0.39 is 24.0 Å². The van der Waals surface area contributed by atoms with Crippen LogP contribution >= 0.6 is 11.6 Å². The summed E-state index contributed by atoms with van der Waals surface area (Å²) in [5.41, 5.74) is -0.635. The quantitative estimate of drug-likeness (QED) is 0.517. The molecule has 0 aliphatic rings. The molecule has 1 aromatic heterocycles. The first-order valence-electron chi connectivity index (χ1n) is 7.90. The minimum atomic E-state index is -4.96. The van der Waals surface area contributed by atoms with Crippen LogP contribution in [0, 0.1) is 12.7 Å². The van der Waals surface area contributed by atoms with E-state index in [0.29, 0.717) is 0 Å². The molecule has 29 heavy (non-hydrogen) atoms. The molecule has 2 aromatic carbocycles. The summed E-state index contributed by atoms with van der Waals surface area (Å²) in [7, 11) is 0. The monoisotopic (exact) mass is 430 g/mol. The molecule has 6 nitrogen and oxygen atoms in total. The number of alkyl halides is 3. The Kier molecular flexibility index (Phi) is 5.64. The van der Waals surface area contributed by atoms with E-state index in [1.54, 1.807) is 0 Å². The van der Waals surface area contributed by atoms with Crippen LogP contribution in [-0.2, 0) is 0 Å². The Morgan fingerprint density at radius 3 is 2.59 bits per heavy atom. The number of aryl methyl sites for hydroxylation is 1. The van der Waals surface area contributed by atoms with Gasteiger partial charge in [-0.15, -0.1) is 13.2 Å². The highest BCUT2D eigenvalue weighted by Gasteiger charge is 2.32. The number of ether oxygens (including phenoxy) is 2. The lowest BCUT2D eigenvalue weighted by Gasteiger charge is -2.14. The molecule has 1 N–H and O–H groups in total. The summed E-state index contributed by atoms with van der Waals surface area (Å²) in [6.07, 6.45) is -6.13. The molecule has 0 spiro atoms. The lowest BCUT2D eigenvalue weighted by Crippen LogP contribution is -2.21. The van der Waals surface area contributed by atoms with Crippen molar-refractivity contribution in [2.75, 3.05) is 5.32 Å². The van der Waals surface area contributed by atoms with Gasteiger partial charge in [-0.25, -0.2) is 9.18 Å². The minimum absolute atomic E-state index is 0.00696. The van der Waals surface area contributed by atoms with Gasteiger partial charge in [0.15, 0.2) is 17.2 Å². The lowest BCUT2D eigenvalue weighted by atomic mass is 10.1. The van der Waals surface area contributed by atoms with Crippen molar-refractivity contribution in [3.8, 4) is 22.8 Å². The zero-order valence-electron chi connectivity index (χ0n) is 14.5. The fourth-order valence-corrected chi connectivity index (χ4v) is 2.63. The van der Waals surface area contributed by atoms with Crippen molar-refractivity contribution in [1.82, 2.24) is 5.16 Å². The van der Waals surface area contributed by atoms with Crippen molar-refractivity contribution < 1.29 is 36.4 Å². The van der Waals surface area contributed by atoms with Gasteiger partial charge in [-0.05, 0) is 24.3 Å². The van der Waals surface area contributed by atoms with Gasteiger partial charge in [0.1, 0.15) is 5.82 Å². The molecule has 1 amide bonds. The number of amides is 1. The Hall–Kier alpha value is -3.27. The number of hydrogen-bond donors (Lipinski definition) is 1. The number of hydrogen-bond acceptors (Lipinski definition) is 5. The van der Waals surface area contributed by atoms with Crippen molar-refractivity contribution >= 4 is 23.4 Å². The predicted octanol–water partition coefficient (Wildman–Crippen LogP) is 5.95. The normalized spacial score (nSPS) is 11.2.